The summed E-state index contributed by atoms with van der Waals surface area (Å²) in [5, 5.41) is 7.06. The van der Waals surface area contributed by atoms with Crippen LogP contribution in [0.3, 0.4) is 0 Å². The molecule has 0 aliphatic carbocycles. The average molecular weight is 251 g/mol. The predicted octanol–water partition coefficient (Wildman–Crippen LogP) is 1.42. The first-order chi connectivity index (χ1) is 8.65. The first kappa shape index (κ1) is 13.5. The van der Waals surface area contributed by atoms with Crippen LogP contribution in [0.1, 0.15) is 37.8 Å². The Morgan fingerprint density at radius 2 is 2.28 bits per heavy atom. The third-order valence-corrected chi connectivity index (χ3v) is 3.76. The fourth-order valence-electron chi connectivity index (χ4n) is 2.57. The Bertz CT molecular complexity index is 362. The summed E-state index contributed by atoms with van der Waals surface area (Å²) in [6, 6.07) is 0.748. The molecule has 0 radical (unpaired) electrons. The Labute approximate surface area is 110 Å². The van der Waals surface area contributed by atoms with Gasteiger partial charge < -0.3 is 0 Å². The maximum Gasteiger partial charge on any atom is 0.164 e. The van der Waals surface area contributed by atoms with Gasteiger partial charge in [0.25, 0.3) is 0 Å². The van der Waals surface area contributed by atoms with Gasteiger partial charge >= 0.3 is 0 Å². The number of rotatable bonds is 5. The molecule has 1 aliphatic heterocycles. The van der Waals surface area contributed by atoms with E-state index in [2.05, 4.69) is 39.0 Å². The van der Waals surface area contributed by atoms with Crippen LogP contribution in [0.5, 0.6) is 0 Å². The Balaban J connectivity index is 1.72. The van der Waals surface area contributed by atoms with Crippen LogP contribution in [-0.4, -0.2) is 57.7 Å². The van der Waals surface area contributed by atoms with Gasteiger partial charge in [0.1, 0.15) is 5.82 Å². The molecule has 1 saturated heterocycles. The average Bonchev–Trinajstić information content (AvgIpc) is 2.74. The van der Waals surface area contributed by atoms with Crippen molar-refractivity contribution in [2.45, 2.75) is 45.7 Å². The molecule has 1 aliphatic rings. The molecular formula is C13H25N5. The first-order valence-electron chi connectivity index (χ1n) is 6.95. The molecule has 2 rings (SSSR count). The van der Waals surface area contributed by atoms with Crippen molar-refractivity contribution in [3.8, 4) is 0 Å². The number of H-pyrrole nitrogens is 1. The lowest BCUT2D eigenvalue weighted by Crippen LogP contribution is -2.41. The molecule has 0 aromatic carbocycles. The van der Waals surface area contributed by atoms with E-state index in [1.54, 1.807) is 0 Å². The van der Waals surface area contributed by atoms with E-state index in [0.717, 1.165) is 37.3 Å². The van der Waals surface area contributed by atoms with Crippen LogP contribution in [0.2, 0.25) is 0 Å². The highest BCUT2D eigenvalue weighted by Gasteiger charge is 2.18. The van der Waals surface area contributed by atoms with Gasteiger partial charge in [-0.1, -0.05) is 6.42 Å². The molecule has 1 N–H and O–H groups in total. The lowest BCUT2D eigenvalue weighted by atomic mass is 10.0. The highest BCUT2D eigenvalue weighted by atomic mass is 15.3. The highest BCUT2D eigenvalue weighted by Crippen LogP contribution is 2.15. The third kappa shape index (κ3) is 3.78. The smallest absolute Gasteiger partial charge is 0.164 e. The number of likely N-dealkylation sites (tertiary alicyclic amines) is 1. The van der Waals surface area contributed by atoms with Crippen molar-refractivity contribution in [1.82, 2.24) is 25.0 Å². The predicted molar refractivity (Wildman–Crippen MR) is 72.3 cm³/mol. The summed E-state index contributed by atoms with van der Waals surface area (Å²) in [5.74, 6) is 1.78. The van der Waals surface area contributed by atoms with E-state index in [4.69, 9.17) is 0 Å². The molecule has 0 amide bonds. The SMILES string of the molecule is Cc1nc(CN(C)CCN2CCCCC2C)n[nH]1. The zero-order valence-electron chi connectivity index (χ0n) is 11.8. The zero-order valence-corrected chi connectivity index (χ0v) is 11.8. The molecule has 5 heteroatoms. The molecule has 2 heterocycles. The number of aryl methyl sites for hydroxylation is 1. The summed E-state index contributed by atoms with van der Waals surface area (Å²) in [4.78, 5) is 9.23. The minimum absolute atomic E-state index is 0.748. The van der Waals surface area contributed by atoms with E-state index >= 15 is 0 Å². The minimum atomic E-state index is 0.748. The third-order valence-electron chi connectivity index (χ3n) is 3.76. The number of likely N-dealkylation sites (N-methyl/N-ethyl adjacent to an activating group) is 1. The van der Waals surface area contributed by atoms with E-state index in [1.165, 1.54) is 25.8 Å². The molecular weight excluding hydrogens is 226 g/mol. The molecule has 1 unspecified atom stereocenters. The van der Waals surface area contributed by atoms with Crippen molar-refractivity contribution in [1.29, 1.82) is 0 Å². The zero-order chi connectivity index (χ0) is 13.0. The van der Waals surface area contributed by atoms with Crippen molar-refractivity contribution < 1.29 is 0 Å². The number of hydrogen-bond acceptors (Lipinski definition) is 4. The molecule has 1 aromatic rings. The topological polar surface area (TPSA) is 48.1 Å². The van der Waals surface area contributed by atoms with Crippen LogP contribution >= 0.6 is 0 Å². The van der Waals surface area contributed by atoms with Gasteiger partial charge in [-0.25, -0.2) is 4.98 Å². The van der Waals surface area contributed by atoms with Crippen LogP contribution in [0.15, 0.2) is 0 Å². The van der Waals surface area contributed by atoms with E-state index in [-0.39, 0.29) is 0 Å². The second-order valence-corrected chi connectivity index (χ2v) is 5.46. The lowest BCUT2D eigenvalue weighted by Gasteiger charge is -2.34. The van der Waals surface area contributed by atoms with Crippen LogP contribution in [-0.2, 0) is 6.54 Å². The van der Waals surface area contributed by atoms with E-state index in [0.29, 0.717) is 0 Å². The van der Waals surface area contributed by atoms with Gasteiger partial charge in [0, 0.05) is 19.1 Å². The fourth-order valence-corrected chi connectivity index (χ4v) is 2.57. The molecule has 0 spiro atoms. The molecule has 1 aromatic heterocycles. The number of nitrogens with one attached hydrogen (secondary N) is 1. The van der Waals surface area contributed by atoms with Crippen LogP contribution in [0.4, 0.5) is 0 Å². The van der Waals surface area contributed by atoms with E-state index in [1.807, 2.05) is 6.92 Å². The molecule has 1 atom stereocenters. The Morgan fingerprint density at radius 3 is 2.94 bits per heavy atom. The molecule has 0 saturated carbocycles. The fraction of sp³-hybridized carbons (Fsp3) is 0.846. The second-order valence-electron chi connectivity index (χ2n) is 5.46. The van der Waals surface area contributed by atoms with E-state index in [9.17, 15) is 0 Å². The Morgan fingerprint density at radius 1 is 1.44 bits per heavy atom. The number of aromatic amines is 1. The van der Waals surface area contributed by atoms with Gasteiger partial charge in [-0.3, -0.25) is 14.9 Å². The summed E-state index contributed by atoms with van der Waals surface area (Å²) in [6.07, 6.45) is 4.10. The molecule has 1 fully saturated rings. The maximum atomic E-state index is 4.34. The molecule has 18 heavy (non-hydrogen) atoms. The van der Waals surface area contributed by atoms with Gasteiger partial charge in [-0.15, -0.1) is 0 Å². The normalized spacial score (nSPS) is 21.7. The largest absolute Gasteiger partial charge is 0.299 e. The van der Waals surface area contributed by atoms with Crippen molar-refractivity contribution in [2.24, 2.45) is 0 Å². The summed E-state index contributed by atoms with van der Waals surface area (Å²) >= 11 is 0. The van der Waals surface area contributed by atoms with Gasteiger partial charge in [-0.2, -0.15) is 5.10 Å². The number of piperidine rings is 1. The summed E-state index contributed by atoms with van der Waals surface area (Å²) in [6.45, 7) is 8.60. The highest BCUT2D eigenvalue weighted by molar-refractivity contribution is 4.87. The number of hydrogen-bond donors (Lipinski definition) is 1. The first-order valence-corrected chi connectivity index (χ1v) is 6.95. The number of aromatic nitrogens is 3. The van der Waals surface area contributed by atoms with Crippen molar-refractivity contribution in [3.05, 3.63) is 11.6 Å². The summed E-state index contributed by atoms with van der Waals surface area (Å²) in [7, 11) is 2.14. The Hall–Kier alpha value is -0.940. The van der Waals surface area contributed by atoms with Crippen LogP contribution in [0, 0.1) is 6.92 Å². The molecule has 0 bridgehead atoms. The monoisotopic (exact) mass is 251 g/mol. The minimum Gasteiger partial charge on any atom is -0.299 e. The Kier molecular flexibility index (Phi) is 4.72. The standard InChI is InChI=1S/C13H25N5/c1-11-6-4-5-7-18(11)9-8-17(3)10-13-14-12(2)15-16-13/h11H,4-10H2,1-3H3,(H,14,15,16). The van der Waals surface area contributed by atoms with Crippen molar-refractivity contribution >= 4 is 0 Å². The summed E-state index contributed by atoms with van der Waals surface area (Å²) < 4.78 is 0. The van der Waals surface area contributed by atoms with Crippen LogP contribution in [0.25, 0.3) is 0 Å². The van der Waals surface area contributed by atoms with Gasteiger partial charge in [0.2, 0.25) is 0 Å². The maximum absolute atomic E-state index is 4.34. The molecule has 5 nitrogen and oxygen atoms in total. The quantitative estimate of drug-likeness (QED) is 0.860. The van der Waals surface area contributed by atoms with Crippen molar-refractivity contribution in [3.63, 3.8) is 0 Å². The van der Waals surface area contributed by atoms with Crippen LogP contribution < -0.4 is 0 Å². The number of nitrogens with zero attached hydrogens (tertiary/aromatic N) is 4. The molecule has 102 valence electrons. The van der Waals surface area contributed by atoms with Gasteiger partial charge in [0.15, 0.2) is 5.82 Å². The lowest BCUT2D eigenvalue weighted by molar-refractivity contribution is 0.140. The summed E-state index contributed by atoms with van der Waals surface area (Å²) in [5.41, 5.74) is 0. The second kappa shape index (κ2) is 6.29. The van der Waals surface area contributed by atoms with Gasteiger partial charge in [-0.05, 0) is 40.3 Å². The van der Waals surface area contributed by atoms with Gasteiger partial charge in [0.05, 0.1) is 6.54 Å². The van der Waals surface area contributed by atoms with Crippen molar-refractivity contribution in [2.75, 3.05) is 26.7 Å². The van der Waals surface area contributed by atoms with E-state index < -0.39 is 0 Å².